The van der Waals surface area contributed by atoms with Crippen LogP contribution in [0.25, 0.3) is 28.0 Å². The van der Waals surface area contributed by atoms with Gasteiger partial charge in [0.05, 0.1) is 11.3 Å². The van der Waals surface area contributed by atoms with Gasteiger partial charge < -0.3 is 10.1 Å². The van der Waals surface area contributed by atoms with E-state index in [0.29, 0.717) is 16.8 Å². The predicted molar refractivity (Wildman–Crippen MR) is 104 cm³/mol. The molecule has 0 spiro atoms. The fourth-order valence-corrected chi connectivity index (χ4v) is 3.12. The second-order valence-corrected chi connectivity index (χ2v) is 6.16. The van der Waals surface area contributed by atoms with Crippen LogP contribution in [-0.4, -0.2) is 19.6 Å². The first-order valence-electron chi connectivity index (χ1n) is 8.44. The van der Waals surface area contributed by atoms with E-state index < -0.39 is 16.2 Å². The minimum absolute atomic E-state index is 0.0250. The van der Waals surface area contributed by atoms with Gasteiger partial charge in [0.1, 0.15) is 17.1 Å². The van der Waals surface area contributed by atoms with Gasteiger partial charge in [-0.1, -0.05) is 42.5 Å². The van der Waals surface area contributed by atoms with Gasteiger partial charge in [0, 0.05) is 12.1 Å². The van der Waals surface area contributed by atoms with Crippen molar-refractivity contribution in [2.45, 2.75) is 0 Å². The fourth-order valence-electron chi connectivity index (χ4n) is 3.12. The smallest absolute Gasteiger partial charge is 0.299 e. The molecule has 144 valence electrons. The van der Waals surface area contributed by atoms with Crippen molar-refractivity contribution in [3.63, 3.8) is 0 Å². The maximum atomic E-state index is 13.2. The van der Waals surface area contributed by atoms with Gasteiger partial charge in [-0.15, -0.1) is 10.1 Å². The van der Waals surface area contributed by atoms with Gasteiger partial charge in [-0.05, 0) is 23.3 Å². The van der Waals surface area contributed by atoms with Crippen molar-refractivity contribution >= 4 is 5.65 Å². The molecular formula is C20H13N3O6. The lowest BCUT2D eigenvalue weighted by atomic mass is 10.0. The third kappa shape index (κ3) is 3.32. The molecule has 0 radical (unpaired) electrons. The van der Waals surface area contributed by atoms with Crippen LogP contribution in [-0.2, 0) is 0 Å². The summed E-state index contributed by atoms with van der Waals surface area (Å²) in [4.78, 5) is 43.5. The number of nitrogens with zero attached hydrogens (tertiary/aromatic N) is 2. The molecule has 0 amide bonds. The molecule has 0 saturated carbocycles. The minimum Gasteiger partial charge on any atom is -0.508 e. The molecule has 0 aliphatic carbocycles. The van der Waals surface area contributed by atoms with Gasteiger partial charge in [0.2, 0.25) is 0 Å². The fraction of sp³-hybridized carbons (Fsp3) is 0. The Morgan fingerprint density at radius 2 is 1.66 bits per heavy atom. The second kappa shape index (κ2) is 6.97. The Morgan fingerprint density at radius 1 is 0.966 bits per heavy atom. The number of benzene rings is 2. The number of hydrogen-bond donors (Lipinski definition) is 2. The van der Waals surface area contributed by atoms with E-state index in [9.17, 15) is 24.8 Å². The van der Waals surface area contributed by atoms with Gasteiger partial charge in [0.15, 0.2) is 0 Å². The third-order valence-electron chi connectivity index (χ3n) is 4.32. The Kier molecular flexibility index (Phi) is 4.32. The highest BCUT2D eigenvalue weighted by Crippen LogP contribution is 2.29. The summed E-state index contributed by atoms with van der Waals surface area (Å²) < 4.78 is 0.940. The van der Waals surface area contributed by atoms with E-state index in [1.165, 1.54) is 18.2 Å². The maximum Gasteiger partial charge on any atom is 0.299 e. The summed E-state index contributed by atoms with van der Waals surface area (Å²) in [5, 5.41) is 19.3. The average molecular weight is 391 g/mol. The van der Waals surface area contributed by atoms with Gasteiger partial charge >= 0.3 is 0 Å². The Labute approximate surface area is 162 Å². The van der Waals surface area contributed by atoms with Crippen molar-refractivity contribution < 1.29 is 15.0 Å². The van der Waals surface area contributed by atoms with E-state index >= 15 is 0 Å². The van der Waals surface area contributed by atoms with Crippen molar-refractivity contribution in [3.8, 4) is 33.9 Å². The number of aromatic hydroxyl groups is 1. The molecule has 0 aliphatic rings. The van der Waals surface area contributed by atoms with Gasteiger partial charge in [-0.3, -0.25) is 14.4 Å². The molecular weight excluding hydrogens is 378 g/mol. The normalized spacial score (nSPS) is 10.8. The first-order chi connectivity index (χ1) is 13.9. The summed E-state index contributed by atoms with van der Waals surface area (Å²) in [5.74, 6) is -0.254. The molecule has 2 aromatic heterocycles. The molecule has 0 fully saturated rings. The number of H-pyrrole nitrogens is 1. The Balaban J connectivity index is 2.03. The van der Waals surface area contributed by atoms with E-state index in [-0.39, 0.29) is 22.7 Å². The van der Waals surface area contributed by atoms with Crippen LogP contribution in [0.5, 0.6) is 11.5 Å². The zero-order valence-corrected chi connectivity index (χ0v) is 14.7. The number of aromatic amines is 1. The lowest BCUT2D eigenvalue weighted by Crippen LogP contribution is -2.28. The van der Waals surface area contributed by atoms with Crippen molar-refractivity contribution in [1.82, 2.24) is 9.38 Å². The number of aromatic nitrogens is 2. The molecule has 4 rings (SSSR count). The molecule has 0 unspecified atom stereocenters. The van der Waals surface area contributed by atoms with Crippen LogP contribution in [0.15, 0.2) is 76.3 Å². The van der Waals surface area contributed by atoms with E-state index in [0.717, 1.165) is 10.5 Å². The quantitative estimate of drug-likeness (QED) is 0.407. The summed E-state index contributed by atoms with van der Waals surface area (Å²) in [7, 11) is 0. The van der Waals surface area contributed by atoms with Crippen molar-refractivity contribution in [2.24, 2.45) is 0 Å². The number of rotatable bonds is 4. The Hall–Kier alpha value is -4.40. The average Bonchev–Trinajstić information content (AvgIpc) is 2.68. The maximum absolute atomic E-state index is 13.2. The molecule has 2 aromatic carbocycles. The first kappa shape index (κ1) is 18.0. The predicted octanol–water partition coefficient (Wildman–Crippen LogP) is 2.60. The lowest BCUT2D eigenvalue weighted by molar-refractivity contribution is -0.711. The van der Waals surface area contributed by atoms with E-state index in [1.54, 1.807) is 42.5 Å². The molecule has 29 heavy (non-hydrogen) atoms. The second-order valence-electron chi connectivity index (χ2n) is 6.16. The molecule has 9 heteroatoms. The highest BCUT2D eigenvalue weighted by Gasteiger charge is 2.17. The standard InChI is InChI=1S/C20H13N3O6/c24-14-10-16-21-19(13-6-8-15(9-7-13)29-23(27)28)18(12-4-2-1-3-5-12)20(26)22(16)17(25)11-14/h1-11,21,24H. The Morgan fingerprint density at radius 3 is 2.31 bits per heavy atom. The molecule has 2 N–H and O–H groups in total. The highest BCUT2D eigenvalue weighted by molar-refractivity contribution is 5.81. The number of pyridine rings is 1. The monoisotopic (exact) mass is 391 g/mol. The summed E-state index contributed by atoms with van der Waals surface area (Å²) >= 11 is 0. The number of nitrogens with one attached hydrogen (secondary N) is 1. The van der Waals surface area contributed by atoms with Gasteiger partial charge in [-0.2, -0.15) is 0 Å². The highest BCUT2D eigenvalue weighted by atomic mass is 17.0. The van der Waals surface area contributed by atoms with Crippen molar-refractivity contribution in [3.05, 3.63) is 97.6 Å². The van der Waals surface area contributed by atoms with E-state index in [2.05, 4.69) is 9.82 Å². The number of fused-ring (bicyclic) bond motifs is 1. The first-order valence-corrected chi connectivity index (χ1v) is 8.44. The molecule has 0 bridgehead atoms. The molecule has 0 atom stereocenters. The molecule has 2 heterocycles. The van der Waals surface area contributed by atoms with Crippen LogP contribution in [0.4, 0.5) is 0 Å². The molecule has 0 saturated heterocycles. The lowest BCUT2D eigenvalue weighted by Gasteiger charge is -2.13. The molecule has 0 aliphatic heterocycles. The van der Waals surface area contributed by atoms with Crippen molar-refractivity contribution in [2.75, 3.05) is 0 Å². The number of hydrogen-bond acceptors (Lipinski definition) is 6. The summed E-state index contributed by atoms with van der Waals surface area (Å²) in [5.41, 5.74) is 0.634. The summed E-state index contributed by atoms with van der Waals surface area (Å²) in [6.07, 6.45) is 0. The summed E-state index contributed by atoms with van der Waals surface area (Å²) in [6, 6.07) is 16.9. The van der Waals surface area contributed by atoms with Crippen LogP contribution >= 0.6 is 0 Å². The van der Waals surface area contributed by atoms with Gasteiger partial charge in [0.25, 0.3) is 16.2 Å². The minimum atomic E-state index is -0.919. The van der Waals surface area contributed by atoms with Crippen molar-refractivity contribution in [1.29, 1.82) is 0 Å². The third-order valence-corrected chi connectivity index (χ3v) is 4.32. The van der Waals surface area contributed by atoms with Crippen LogP contribution in [0.2, 0.25) is 0 Å². The van der Waals surface area contributed by atoms with Crippen LogP contribution in [0, 0.1) is 10.1 Å². The van der Waals surface area contributed by atoms with Crippen LogP contribution in [0.1, 0.15) is 0 Å². The van der Waals surface area contributed by atoms with E-state index in [4.69, 9.17) is 0 Å². The van der Waals surface area contributed by atoms with Crippen LogP contribution in [0.3, 0.4) is 0 Å². The SMILES string of the molecule is O=c1cc(O)cc2[nH]c(-c3ccc(O[N+](=O)[O-])cc3)c(-c3ccccc3)c(=O)n12. The van der Waals surface area contributed by atoms with E-state index in [1.807, 2.05) is 0 Å². The summed E-state index contributed by atoms with van der Waals surface area (Å²) in [6.45, 7) is 0. The zero-order chi connectivity index (χ0) is 20.5. The molecule has 9 nitrogen and oxygen atoms in total. The molecule has 4 aromatic rings. The Bertz CT molecular complexity index is 1340. The van der Waals surface area contributed by atoms with Gasteiger partial charge in [-0.25, -0.2) is 4.40 Å². The largest absolute Gasteiger partial charge is 0.508 e. The van der Waals surface area contributed by atoms with Crippen LogP contribution < -0.4 is 16.0 Å². The zero-order valence-electron chi connectivity index (χ0n) is 14.7. The topological polar surface area (TPSA) is 127 Å².